The number of fused-ring (bicyclic) bond motifs is 1. The summed E-state index contributed by atoms with van der Waals surface area (Å²) in [5.74, 6) is 1.19. The number of para-hydroxylation sites is 2. The molecule has 0 unspecified atom stereocenters. The van der Waals surface area contributed by atoms with Gasteiger partial charge in [0.2, 0.25) is 5.91 Å². The molecule has 1 saturated heterocycles. The van der Waals surface area contributed by atoms with Crippen LogP contribution < -0.4 is 5.32 Å². The molecule has 140 valence electrons. The van der Waals surface area contributed by atoms with E-state index in [-0.39, 0.29) is 11.8 Å². The minimum atomic E-state index is 0.0222. The van der Waals surface area contributed by atoms with Gasteiger partial charge < -0.3 is 9.88 Å². The first kappa shape index (κ1) is 17.7. The van der Waals surface area contributed by atoms with Crippen LogP contribution in [0.3, 0.4) is 0 Å². The van der Waals surface area contributed by atoms with Gasteiger partial charge in [0.05, 0.1) is 23.5 Å². The number of amides is 1. The number of aryl methyl sites for hydroxylation is 2. The predicted octanol–water partition coefficient (Wildman–Crippen LogP) is 3.73. The SMILES string of the molecule is Cc1cccc(NC(=O)[C@H]2CCCN(Cc3nc4ccccc4n3C)C2)c1. The largest absolute Gasteiger partial charge is 0.330 e. The molecule has 0 spiro atoms. The second kappa shape index (κ2) is 7.53. The van der Waals surface area contributed by atoms with Crippen LogP contribution in [0.1, 0.15) is 24.2 Å². The second-order valence-electron chi connectivity index (χ2n) is 7.51. The normalized spacial score (nSPS) is 17.9. The van der Waals surface area contributed by atoms with Gasteiger partial charge in [0.15, 0.2) is 0 Å². The maximum Gasteiger partial charge on any atom is 0.228 e. The molecule has 1 amide bonds. The number of likely N-dealkylation sites (tertiary alicyclic amines) is 1. The summed E-state index contributed by atoms with van der Waals surface area (Å²) in [4.78, 5) is 19.9. The molecule has 1 fully saturated rings. The van der Waals surface area contributed by atoms with Gasteiger partial charge in [0.1, 0.15) is 5.82 Å². The Balaban J connectivity index is 1.43. The van der Waals surface area contributed by atoms with Gasteiger partial charge in [0.25, 0.3) is 0 Å². The monoisotopic (exact) mass is 362 g/mol. The van der Waals surface area contributed by atoms with Crippen LogP contribution in [0.4, 0.5) is 5.69 Å². The Kier molecular flexibility index (Phi) is 4.94. The smallest absolute Gasteiger partial charge is 0.228 e. The maximum atomic E-state index is 12.7. The number of anilines is 1. The lowest BCUT2D eigenvalue weighted by molar-refractivity contribution is -0.121. The van der Waals surface area contributed by atoms with Crippen LogP contribution in [-0.2, 0) is 18.4 Å². The zero-order valence-corrected chi connectivity index (χ0v) is 16.0. The zero-order chi connectivity index (χ0) is 18.8. The molecular weight excluding hydrogens is 336 g/mol. The summed E-state index contributed by atoms with van der Waals surface area (Å²) < 4.78 is 2.16. The second-order valence-corrected chi connectivity index (χ2v) is 7.51. The lowest BCUT2D eigenvalue weighted by Gasteiger charge is -2.31. The lowest BCUT2D eigenvalue weighted by atomic mass is 9.97. The molecule has 0 aliphatic carbocycles. The van der Waals surface area contributed by atoms with Gasteiger partial charge in [-0.05, 0) is 56.1 Å². The van der Waals surface area contributed by atoms with Gasteiger partial charge >= 0.3 is 0 Å². The highest BCUT2D eigenvalue weighted by Gasteiger charge is 2.26. The number of hydrogen-bond donors (Lipinski definition) is 1. The van der Waals surface area contributed by atoms with E-state index in [0.717, 1.165) is 60.6 Å². The van der Waals surface area contributed by atoms with E-state index in [1.165, 1.54) is 0 Å². The molecule has 5 heteroatoms. The third-order valence-corrected chi connectivity index (χ3v) is 5.41. The quantitative estimate of drug-likeness (QED) is 0.769. The fraction of sp³-hybridized carbons (Fsp3) is 0.364. The molecule has 5 nitrogen and oxygen atoms in total. The van der Waals surface area contributed by atoms with E-state index in [0.29, 0.717) is 0 Å². The summed E-state index contributed by atoms with van der Waals surface area (Å²) in [5, 5.41) is 3.08. The summed E-state index contributed by atoms with van der Waals surface area (Å²) in [6, 6.07) is 16.2. The average molecular weight is 362 g/mol. The van der Waals surface area contributed by atoms with Crippen LogP contribution in [-0.4, -0.2) is 33.4 Å². The molecule has 1 aliphatic heterocycles. The number of carbonyl (C=O) groups is 1. The van der Waals surface area contributed by atoms with Crippen molar-refractivity contribution in [3.05, 3.63) is 59.9 Å². The van der Waals surface area contributed by atoms with Crippen LogP contribution in [0.5, 0.6) is 0 Å². The van der Waals surface area contributed by atoms with E-state index in [1.807, 2.05) is 49.4 Å². The third kappa shape index (κ3) is 3.88. The first-order valence-electron chi connectivity index (χ1n) is 9.60. The molecule has 1 aliphatic rings. The number of aromatic nitrogens is 2. The van der Waals surface area contributed by atoms with Crippen molar-refractivity contribution in [2.45, 2.75) is 26.3 Å². The van der Waals surface area contributed by atoms with Crippen LogP contribution in [0.25, 0.3) is 11.0 Å². The molecule has 3 aromatic rings. The standard InChI is InChI=1S/C22H26N4O/c1-16-7-5-9-18(13-16)23-22(27)17-8-6-12-26(14-17)15-21-24-19-10-3-4-11-20(19)25(21)2/h3-5,7,9-11,13,17H,6,8,12,14-15H2,1-2H3,(H,23,27)/t17-/m0/s1. The van der Waals surface area contributed by atoms with Crippen LogP contribution in [0, 0.1) is 12.8 Å². The van der Waals surface area contributed by atoms with Crippen LogP contribution in [0.2, 0.25) is 0 Å². The van der Waals surface area contributed by atoms with Crippen molar-refractivity contribution < 1.29 is 4.79 Å². The fourth-order valence-corrected chi connectivity index (χ4v) is 3.92. The number of hydrogen-bond acceptors (Lipinski definition) is 3. The number of benzene rings is 2. The van der Waals surface area contributed by atoms with Gasteiger partial charge in [-0.15, -0.1) is 0 Å². The minimum absolute atomic E-state index is 0.0222. The molecule has 0 saturated carbocycles. The van der Waals surface area contributed by atoms with Gasteiger partial charge in [0, 0.05) is 19.3 Å². The topological polar surface area (TPSA) is 50.2 Å². The van der Waals surface area contributed by atoms with Gasteiger partial charge in [-0.1, -0.05) is 24.3 Å². The maximum absolute atomic E-state index is 12.7. The first-order valence-corrected chi connectivity index (χ1v) is 9.60. The number of carbonyl (C=O) groups excluding carboxylic acids is 1. The fourth-order valence-electron chi connectivity index (χ4n) is 3.92. The summed E-state index contributed by atoms with van der Waals surface area (Å²) in [6.07, 6.45) is 1.98. The first-order chi connectivity index (χ1) is 13.1. The molecule has 1 aromatic heterocycles. The molecule has 4 rings (SSSR count). The molecule has 2 aromatic carbocycles. The van der Waals surface area contributed by atoms with Gasteiger partial charge in [-0.2, -0.15) is 0 Å². The Morgan fingerprint density at radius 2 is 2.07 bits per heavy atom. The van der Waals surface area contributed by atoms with E-state index in [9.17, 15) is 4.79 Å². The lowest BCUT2D eigenvalue weighted by Crippen LogP contribution is -2.40. The van der Waals surface area contributed by atoms with Crippen molar-refractivity contribution in [3.8, 4) is 0 Å². The number of nitrogens with zero attached hydrogens (tertiary/aromatic N) is 3. The summed E-state index contributed by atoms with van der Waals surface area (Å²) in [7, 11) is 2.07. The number of nitrogens with one attached hydrogen (secondary N) is 1. The van der Waals surface area contributed by atoms with Crippen molar-refractivity contribution >= 4 is 22.6 Å². The molecule has 0 radical (unpaired) electrons. The third-order valence-electron chi connectivity index (χ3n) is 5.41. The molecule has 2 heterocycles. The van der Waals surface area contributed by atoms with Crippen molar-refractivity contribution in [3.63, 3.8) is 0 Å². The molecule has 1 N–H and O–H groups in total. The van der Waals surface area contributed by atoms with E-state index >= 15 is 0 Å². The van der Waals surface area contributed by atoms with E-state index in [4.69, 9.17) is 4.98 Å². The van der Waals surface area contributed by atoms with Crippen molar-refractivity contribution in [2.24, 2.45) is 13.0 Å². The highest BCUT2D eigenvalue weighted by atomic mass is 16.1. The predicted molar refractivity (Wildman–Crippen MR) is 109 cm³/mol. The number of imidazole rings is 1. The van der Waals surface area contributed by atoms with Crippen molar-refractivity contribution in [1.82, 2.24) is 14.5 Å². The summed E-state index contributed by atoms with van der Waals surface area (Å²) in [5.41, 5.74) is 4.21. The molecular formula is C22H26N4O. The van der Waals surface area contributed by atoms with E-state index in [1.54, 1.807) is 0 Å². The number of rotatable bonds is 4. The Bertz CT molecular complexity index is 962. The van der Waals surface area contributed by atoms with Crippen molar-refractivity contribution in [1.29, 1.82) is 0 Å². The number of piperidine rings is 1. The van der Waals surface area contributed by atoms with Crippen LogP contribution in [0.15, 0.2) is 48.5 Å². The Labute approximate surface area is 160 Å². The molecule has 0 bridgehead atoms. The van der Waals surface area contributed by atoms with Gasteiger partial charge in [-0.3, -0.25) is 9.69 Å². The minimum Gasteiger partial charge on any atom is -0.330 e. The van der Waals surface area contributed by atoms with Gasteiger partial charge in [-0.25, -0.2) is 4.98 Å². The summed E-state index contributed by atoms with van der Waals surface area (Å²) >= 11 is 0. The Morgan fingerprint density at radius 1 is 1.22 bits per heavy atom. The average Bonchev–Trinajstić information content (AvgIpc) is 2.98. The van der Waals surface area contributed by atoms with E-state index < -0.39 is 0 Å². The summed E-state index contributed by atoms with van der Waals surface area (Å²) in [6.45, 7) is 4.60. The Hall–Kier alpha value is -2.66. The zero-order valence-electron chi connectivity index (χ0n) is 16.0. The molecule has 1 atom stereocenters. The van der Waals surface area contributed by atoms with E-state index in [2.05, 4.69) is 27.9 Å². The highest BCUT2D eigenvalue weighted by molar-refractivity contribution is 5.92. The Morgan fingerprint density at radius 3 is 2.89 bits per heavy atom. The molecule has 27 heavy (non-hydrogen) atoms. The van der Waals surface area contributed by atoms with Crippen LogP contribution >= 0.6 is 0 Å². The van der Waals surface area contributed by atoms with Crippen molar-refractivity contribution in [2.75, 3.05) is 18.4 Å². The highest BCUT2D eigenvalue weighted by Crippen LogP contribution is 2.22.